The Morgan fingerprint density at radius 1 is 1.06 bits per heavy atom. The molecule has 2 aromatic rings. The van der Waals surface area contributed by atoms with Crippen molar-refractivity contribution in [2.75, 3.05) is 0 Å². The van der Waals surface area contributed by atoms with Crippen LogP contribution in [0.3, 0.4) is 0 Å². The number of rotatable bonds is 2. The predicted octanol–water partition coefficient (Wildman–Crippen LogP) is 5.37. The summed E-state index contributed by atoms with van der Waals surface area (Å²) in [5.41, 5.74) is 3.95. The van der Waals surface area contributed by atoms with Crippen molar-refractivity contribution in [2.45, 2.75) is 37.9 Å². The molecular formula is C16H19BrO. The molecule has 0 amide bonds. The number of alkyl halides is 1. The van der Waals surface area contributed by atoms with Gasteiger partial charge in [0, 0.05) is 0 Å². The van der Waals surface area contributed by atoms with Crippen LogP contribution < -0.4 is 0 Å². The second kappa shape index (κ2) is 4.93. The highest BCUT2D eigenvalue weighted by atomic mass is 79.9. The summed E-state index contributed by atoms with van der Waals surface area (Å²) in [6.07, 6.45) is 1.74. The second-order valence-electron chi connectivity index (χ2n) is 5.70. The first-order valence-electron chi connectivity index (χ1n) is 6.18. The lowest BCUT2D eigenvalue weighted by atomic mass is 9.86. The van der Waals surface area contributed by atoms with Crippen molar-refractivity contribution in [1.82, 2.24) is 0 Å². The first kappa shape index (κ1) is 13.4. The Morgan fingerprint density at radius 3 is 2.11 bits per heavy atom. The smallest absolute Gasteiger partial charge is 0.124 e. The van der Waals surface area contributed by atoms with Crippen molar-refractivity contribution in [3.05, 3.63) is 59.0 Å². The standard InChI is InChI=1S/C16H19BrO/c1-11-9-10-18-15(11)14(17)12-5-7-13(8-6-12)16(2,3)4/h5-10,14H,1-4H3. The van der Waals surface area contributed by atoms with Gasteiger partial charge in [0.1, 0.15) is 5.76 Å². The number of aryl methyl sites for hydroxylation is 1. The molecule has 0 aliphatic carbocycles. The van der Waals surface area contributed by atoms with E-state index in [9.17, 15) is 0 Å². The van der Waals surface area contributed by atoms with E-state index in [1.54, 1.807) is 6.26 Å². The fourth-order valence-electron chi connectivity index (χ4n) is 1.95. The highest BCUT2D eigenvalue weighted by Gasteiger charge is 2.18. The topological polar surface area (TPSA) is 13.1 Å². The maximum absolute atomic E-state index is 5.53. The maximum atomic E-state index is 5.53. The van der Waals surface area contributed by atoms with Gasteiger partial charge in [-0.1, -0.05) is 61.0 Å². The fourth-order valence-corrected chi connectivity index (χ4v) is 2.72. The molecule has 1 aromatic carbocycles. The third-order valence-corrected chi connectivity index (χ3v) is 4.15. The lowest BCUT2D eigenvalue weighted by Crippen LogP contribution is -2.10. The average molecular weight is 307 g/mol. The first-order valence-corrected chi connectivity index (χ1v) is 7.09. The zero-order valence-corrected chi connectivity index (χ0v) is 12.9. The summed E-state index contributed by atoms with van der Waals surface area (Å²) in [5.74, 6) is 0.985. The van der Waals surface area contributed by atoms with Crippen molar-refractivity contribution in [1.29, 1.82) is 0 Å². The Kier molecular flexibility index (Phi) is 3.67. The molecule has 2 heteroatoms. The quantitative estimate of drug-likeness (QED) is 0.680. The molecule has 0 spiro atoms. The van der Waals surface area contributed by atoms with Gasteiger partial charge >= 0.3 is 0 Å². The normalized spacial score (nSPS) is 13.6. The molecule has 1 atom stereocenters. The summed E-state index contributed by atoms with van der Waals surface area (Å²) >= 11 is 3.71. The largest absolute Gasteiger partial charge is 0.468 e. The minimum atomic E-state index is 0.126. The van der Waals surface area contributed by atoms with E-state index in [4.69, 9.17) is 4.42 Å². The highest BCUT2D eigenvalue weighted by Crippen LogP contribution is 2.34. The zero-order chi connectivity index (χ0) is 13.3. The van der Waals surface area contributed by atoms with E-state index in [0.29, 0.717) is 0 Å². The van der Waals surface area contributed by atoms with Crippen molar-refractivity contribution in [3.63, 3.8) is 0 Å². The van der Waals surface area contributed by atoms with Gasteiger partial charge in [0.15, 0.2) is 0 Å². The van der Waals surface area contributed by atoms with Gasteiger partial charge in [0.2, 0.25) is 0 Å². The summed E-state index contributed by atoms with van der Waals surface area (Å²) in [7, 11) is 0. The molecule has 1 unspecified atom stereocenters. The van der Waals surface area contributed by atoms with Crippen LogP contribution in [-0.2, 0) is 5.41 Å². The summed E-state index contributed by atoms with van der Waals surface area (Å²) < 4.78 is 5.53. The van der Waals surface area contributed by atoms with Crippen molar-refractivity contribution < 1.29 is 4.42 Å². The summed E-state index contributed by atoms with van der Waals surface area (Å²) in [6.45, 7) is 8.75. The third-order valence-electron chi connectivity index (χ3n) is 3.20. The summed E-state index contributed by atoms with van der Waals surface area (Å²) in [6, 6.07) is 10.7. The Balaban J connectivity index is 2.28. The summed E-state index contributed by atoms with van der Waals surface area (Å²) in [5, 5.41) is 0. The Bertz CT molecular complexity index is 517. The number of hydrogen-bond donors (Lipinski definition) is 0. The molecular weight excluding hydrogens is 288 g/mol. The van der Waals surface area contributed by atoms with Gasteiger partial charge in [0.05, 0.1) is 11.1 Å². The van der Waals surface area contributed by atoms with E-state index in [0.717, 1.165) is 5.76 Å². The lowest BCUT2D eigenvalue weighted by Gasteiger charge is -2.19. The summed E-state index contributed by atoms with van der Waals surface area (Å²) in [4.78, 5) is 0.126. The number of furan rings is 1. The average Bonchev–Trinajstić information content (AvgIpc) is 2.73. The van der Waals surface area contributed by atoms with Crippen LogP contribution in [0.1, 0.15) is 48.0 Å². The molecule has 0 bridgehead atoms. The van der Waals surface area contributed by atoms with Crippen molar-refractivity contribution >= 4 is 15.9 Å². The maximum Gasteiger partial charge on any atom is 0.124 e. The number of hydrogen-bond acceptors (Lipinski definition) is 1. The molecule has 0 saturated carbocycles. The van der Waals surface area contributed by atoms with E-state index in [1.807, 2.05) is 6.07 Å². The van der Waals surface area contributed by atoms with E-state index in [-0.39, 0.29) is 10.2 Å². The fraction of sp³-hybridized carbons (Fsp3) is 0.375. The Morgan fingerprint density at radius 2 is 1.67 bits per heavy atom. The molecule has 2 rings (SSSR count). The van der Waals surface area contributed by atoms with Gasteiger partial charge in [-0.25, -0.2) is 0 Å². The van der Waals surface area contributed by atoms with Crippen LogP contribution in [0.4, 0.5) is 0 Å². The lowest BCUT2D eigenvalue weighted by molar-refractivity contribution is 0.517. The van der Waals surface area contributed by atoms with Gasteiger partial charge in [-0.3, -0.25) is 0 Å². The van der Waals surface area contributed by atoms with Crippen molar-refractivity contribution in [2.24, 2.45) is 0 Å². The molecule has 1 nitrogen and oxygen atoms in total. The molecule has 1 aromatic heterocycles. The van der Waals surface area contributed by atoms with Crippen LogP contribution >= 0.6 is 15.9 Å². The molecule has 0 radical (unpaired) electrons. The van der Waals surface area contributed by atoms with Gasteiger partial charge in [-0.2, -0.15) is 0 Å². The molecule has 0 aliphatic rings. The number of benzene rings is 1. The second-order valence-corrected chi connectivity index (χ2v) is 6.62. The number of halogens is 1. The highest BCUT2D eigenvalue weighted by molar-refractivity contribution is 9.09. The van der Waals surface area contributed by atoms with Crippen LogP contribution in [0.25, 0.3) is 0 Å². The van der Waals surface area contributed by atoms with Crippen molar-refractivity contribution in [3.8, 4) is 0 Å². The zero-order valence-electron chi connectivity index (χ0n) is 11.3. The van der Waals surface area contributed by atoms with Crippen LogP contribution in [0.2, 0.25) is 0 Å². The van der Waals surface area contributed by atoms with Gasteiger partial charge in [-0.15, -0.1) is 0 Å². The minimum Gasteiger partial charge on any atom is -0.468 e. The minimum absolute atomic E-state index is 0.126. The van der Waals surface area contributed by atoms with Crippen LogP contribution in [0, 0.1) is 6.92 Å². The molecule has 0 aliphatic heterocycles. The monoisotopic (exact) mass is 306 g/mol. The van der Waals surface area contributed by atoms with Crippen LogP contribution in [0.15, 0.2) is 41.0 Å². The van der Waals surface area contributed by atoms with E-state index in [1.165, 1.54) is 16.7 Å². The molecule has 0 saturated heterocycles. The van der Waals surface area contributed by atoms with E-state index >= 15 is 0 Å². The van der Waals surface area contributed by atoms with Crippen LogP contribution in [0.5, 0.6) is 0 Å². The van der Waals surface area contributed by atoms with Crippen LogP contribution in [-0.4, -0.2) is 0 Å². The molecule has 1 heterocycles. The molecule has 0 fully saturated rings. The van der Waals surface area contributed by atoms with E-state index in [2.05, 4.69) is 67.9 Å². The van der Waals surface area contributed by atoms with Gasteiger partial charge < -0.3 is 4.42 Å². The Labute approximate surface area is 117 Å². The molecule has 96 valence electrons. The molecule has 18 heavy (non-hydrogen) atoms. The van der Waals surface area contributed by atoms with E-state index < -0.39 is 0 Å². The van der Waals surface area contributed by atoms with Gasteiger partial charge in [-0.05, 0) is 35.1 Å². The predicted molar refractivity (Wildman–Crippen MR) is 79.4 cm³/mol. The third kappa shape index (κ3) is 2.69. The Hall–Kier alpha value is -1.02. The molecule has 0 N–H and O–H groups in total. The van der Waals surface area contributed by atoms with Gasteiger partial charge in [0.25, 0.3) is 0 Å². The first-order chi connectivity index (χ1) is 8.39. The SMILES string of the molecule is Cc1ccoc1C(Br)c1ccc(C(C)(C)C)cc1.